The molecule has 2 aliphatic carbocycles. The van der Waals surface area contributed by atoms with Crippen molar-refractivity contribution in [3.8, 4) is 0 Å². The molecule has 0 amide bonds. The quantitative estimate of drug-likeness (QED) is 0.459. The Bertz CT molecular complexity index is 530. The van der Waals surface area contributed by atoms with E-state index in [2.05, 4.69) is 30.6 Å². The lowest BCUT2D eigenvalue weighted by Crippen LogP contribution is -2.29. The van der Waals surface area contributed by atoms with Crippen LogP contribution in [0, 0.1) is 5.92 Å². The Morgan fingerprint density at radius 1 is 1.35 bits per heavy atom. The summed E-state index contributed by atoms with van der Waals surface area (Å²) in [6.45, 7) is 7.76. The Hall–Kier alpha value is -1.28. The fourth-order valence-corrected chi connectivity index (χ4v) is 3.51. The van der Waals surface area contributed by atoms with Gasteiger partial charge in [0.25, 0.3) is 0 Å². The third-order valence-electron chi connectivity index (χ3n) is 4.80. The number of carbonyl (C=O) groups excluding carboxylic acids is 1. The van der Waals surface area contributed by atoms with Crippen molar-refractivity contribution in [2.75, 3.05) is 19.0 Å². The van der Waals surface area contributed by atoms with Crippen LogP contribution in [0.5, 0.6) is 0 Å². The number of nitrogens with zero attached hydrogens (tertiary/aromatic N) is 1. The topological polar surface area (TPSA) is 20.3 Å². The van der Waals surface area contributed by atoms with Crippen LogP contribution in [0.2, 0.25) is 0 Å². The highest BCUT2D eigenvalue weighted by Gasteiger charge is 2.26. The smallest absolute Gasteiger partial charge is 0.162 e. The number of ketones is 1. The summed E-state index contributed by atoms with van der Waals surface area (Å²) in [5, 5.41) is 0. The van der Waals surface area contributed by atoms with Crippen LogP contribution in [0.1, 0.15) is 45.4 Å². The Morgan fingerprint density at radius 2 is 2.17 bits per heavy atom. The van der Waals surface area contributed by atoms with Crippen molar-refractivity contribution in [2.45, 2.75) is 45.4 Å². The summed E-state index contributed by atoms with van der Waals surface area (Å²) in [7, 11) is 0. The van der Waals surface area contributed by atoms with Gasteiger partial charge in [-0.2, -0.15) is 0 Å². The molecule has 1 unspecified atom stereocenters. The number of allylic oxidation sites excluding steroid dienone is 6. The van der Waals surface area contributed by atoms with Crippen LogP contribution in [0.3, 0.4) is 0 Å². The largest absolute Gasteiger partial charge is 0.374 e. The number of rotatable bonds is 8. The third-order valence-corrected chi connectivity index (χ3v) is 4.96. The molecule has 0 aliphatic heterocycles. The summed E-state index contributed by atoms with van der Waals surface area (Å²) < 4.78 is 0. The van der Waals surface area contributed by atoms with E-state index in [1.54, 1.807) is 0 Å². The molecule has 2 rings (SSSR count). The van der Waals surface area contributed by atoms with Gasteiger partial charge in [-0.1, -0.05) is 29.9 Å². The van der Waals surface area contributed by atoms with Crippen LogP contribution in [-0.4, -0.2) is 29.7 Å². The van der Waals surface area contributed by atoms with E-state index in [0.717, 1.165) is 57.2 Å². The summed E-state index contributed by atoms with van der Waals surface area (Å²) in [5.74, 6) is 1.16. The molecule has 126 valence electrons. The molecule has 0 aromatic carbocycles. The van der Waals surface area contributed by atoms with E-state index >= 15 is 0 Å². The van der Waals surface area contributed by atoms with Crippen molar-refractivity contribution in [3.63, 3.8) is 0 Å². The van der Waals surface area contributed by atoms with Crippen LogP contribution >= 0.6 is 11.6 Å². The van der Waals surface area contributed by atoms with Gasteiger partial charge in [-0.15, -0.1) is 18.2 Å². The number of hydrogen-bond acceptors (Lipinski definition) is 2. The molecule has 0 bridgehead atoms. The van der Waals surface area contributed by atoms with Crippen molar-refractivity contribution in [1.29, 1.82) is 0 Å². The summed E-state index contributed by atoms with van der Waals surface area (Å²) in [6.07, 6.45) is 14.0. The van der Waals surface area contributed by atoms with Crippen molar-refractivity contribution in [3.05, 3.63) is 47.7 Å². The van der Waals surface area contributed by atoms with E-state index in [9.17, 15) is 4.79 Å². The highest BCUT2D eigenvalue weighted by Crippen LogP contribution is 2.30. The molecule has 0 fully saturated rings. The van der Waals surface area contributed by atoms with E-state index in [1.807, 2.05) is 12.2 Å². The van der Waals surface area contributed by atoms with Crippen LogP contribution in [0.15, 0.2) is 47.7 Å². The van der Waals surface area contributed by atoms with Gasteiger partial charge >= 0.3 is 0 Å². The van der Waals surface area contributed by atoms with Gasteiger partial charge in [0.05, 0.1) is 0 Å². The maximum atomic E-state index is 12.7. The molecule has 0 saturated carbocycles. The molecule has 23 heavy (non-hydrogen) atoms. The summed E-state index contributed by atoms with van der Waals surface area (Å²) >= 11 is 5.93. The first-order valence-corrected chi connectivity index (χ1v) is 9.20. The zero-order valence-corrected chi connectivity index (χ0v) is 14.9. The van der Waals surface area contributed by atoms with E-state index in [1.165, 1.54) is 11.3 Å². The summed E-state index contributed by atoms with van der Waals surface area (Å²) in [6, 6.07) is 0. The number of Topliss-reactive ketones (excluding diaryl/α,β-unsaturated/α-hetero) is 1. The number of halogens is 1. The first-order chi connectivity index (χ1) is 11.2. The fraction of sp³-hybridized carbons (Fsp3) is 0.550. The van der Waals surface area contributed by atoms with Gasteiger partial charge in [0.2, 0.25) is 0 Å². The van der Waals surface area contributed by atoms with Crippen molar-refractivity contribution in [2.24, 2.45) is 5.92 Å². The zero-order chi connectivity index (χ0) is 16.7. The minimum absolute atomic E-state index is 0.161. The number of hydrogen-bond donors (Lipinski definition) is 0. The molecule has 3 heteroatoms. The second-order valence-corrected chi connectivity index (χ2v) is 6.87. The monoisotopic (exact) mass is 333 g/mol. The Balaban J connectivity index is 1.96. The Morgan fingerprint density at radius 3 is 2.74 bits per heavy atom. The molecule has 0 aromatic heterocycles. The molecule has 0 spiro atoms. The van der Waals surface area contributed by atoms with E-state index in [0.29, 0.717) is 11.7 Å². The predicted octanol–water partition coefficient (Wildman–Crippen LogP) is 5.02. The van der Waals surface area contributed by atoms with Gasteiger partial charge in [0.15, 0.2) is 5.78 Å². The maximum Gasteiger partial charge on any atom is 0.162 e. The lowest BCUT2D eigenvalue weighted by Gasteiger charge is -2.31. The average Bonchev–Trinajstić information content (AvgIpc) is 2.59. The average molecular weight is 334 g/mol. The van der Waals surface area contributed by atoms with Gasteiger partial charge in [0, 0.05) is 30.6 Å². The second kappa shape index (κ2) is 9.12. The lowest BCUT2D eigenvalue weighted by atomic mass is 9.83. The first-order valence-electron chi connectivity index (χ1n) is 8.67. The number of alkyl halides is 1. The highest BCUT2D eigenvalue weighted by molar-refractivity contribution is 6.18. The molecular formula is C20H28ClNO. The van der Waals surface area contributed by atoms with Gasteiger partial charge < -0.3 is 4.90 Å². The fourth-order valence-electron chi connectivity index (χ4n) is 3.30. The van der Waals surface area contributed by atoms with Crippen molar-refractivity contribution >= 4 is 17.4 Å². The minimum Gasteiger partial charge on any atom is -0.374 e. The van der Waals surface area contributed by atoms with Gasteiger partial charge in [-0.25, -0.2) is 0 Å². The molecule has 0 aromatic rings. The molecule has 2 aliphatic rings. The zero-order valence-electron chi connectivity index (χ0n) is 14.2. The van der Waals surface area contributed by atoms with Gasteiger partial charge in [-0.3, -0.25) is 4.79 Å². The van der Waals surface area contributed by atoms with Gasteiger partial charge in [-0.05, 0) is 51.0 Å². The molecule has 2 nitrogen and oxygen atoms in total. The molecule has 0 N–H and O–H groups in total. The van der Waals surface area contributed by atoms with Crippen molar-refractivity contribution < 1.29 is 4.79 Å². The normalized spacial score (nSPS) is 21.1. The molecule has 0 radical (unpaired) electrons. The second-order valence-electron chi connectivity index (χ2n) is 6.49. The van der Waals surface area contributed by atoms with E-state index in [-0.39, 0.29) is 5.92 Å². The predicted molar refractivity (Wildman–Crippen MR) is 98.6 cm³/mol. The highest BCUT2D eigenvalue weighted by atomic mass is 35.5. The van der Waals surface area contributed by atoms with E-state index in [4.69, 9.17) is 11.6 Å². The van der Waals surface area contributed by atoms with Crippen LogP contribution in [0.25, 0.3) is 0 Å². The molecule has 0 heterocycles. The first kappa shape index (κ1) is 18.1. The molecular weight excluding hydrogens is 306 g/mol. The van der Waals surface area contributed by atoms with Gasteiger partial charge in [0.1, 0.15) is 0 Å². The van der Waals surface area contributed by atoms with Crippen LogP contribution in [-0.2, 0) is 4.79 Å². The van der Waals surface area contributed by atoms with Crippen molar-refractivity contribution in [1.82, 2.24) is 4.90 Å². The Kier molecular flexibility index (Phi) is 7.16. The van der Waals surface area contributed by atoms with Crippen LogP contribution < -0.4 is 0 Å². The third kappa shape index (κ3) is 5.10. The summed E-state index contributed by atoms with van der Waals surface area (Å²) in [4.78, 5) is 15.0. The molecule has 0 saturated heterocycles. The maximum absolute atomic E-state index is 12.7. The summed E-state index contributed by atoms with van der Waals surface area (Å²) in [5.41, 5.74) is 3.73. The Labute approximate surface area is 145 Å². The lowest BCUT2D eigenvalue weighted by molar-refractivity contribution is -0.119. The number of carbonyl (C=O) groups is 1. The van der Waals surface area contributed by atoms with E-state index < -0.39 is 0 Å². The SMILES string of the molecule is C=CCCN(CCCl)C1=CCC(C(=O)C2=CC=C(C)CC2)CC1. The standard InChI is InChI=1S/C20H28ClNO/c1-3-4-14-22(15-13-21)19-11-9-18(10-12-19)20(23)17-7-5-16(2)6-8-17/h3,5,7,11,18H,1,4,6,8-10,12-15H2,2H3. The molecule has 1 atom stereocenters. The van der Waals surface area contributed by atoms with Crippen LogP contribution in [0.4, 0.5) is 0 Å². The minimum atomic E-state index is 0.161.